The summed E-state index contributed by atoms with van der Waals surface area (Å²) in [6.07, 6.45) is 4.83. The number of ether oxygens (including phenoxy) is 2. The third-order valence-corrected chi connectivity index (χ3v) is 7.61. The molecule has 1 fully saturated rings. The quantitative estimate of drug-likeness (QED) is 0.521. The van der Waals surface area contributed by atoms with Crippen LogP contribution < -0.4 is 15.8 Å². The molecule has 10 heteroatoms. The molecule has 1 atom stereocenters. The Kier molecular flexibility index (Phi) is 5.33. The van der Waals surface area contributed by atoms with Crippen molar-refractivity contribution in [1.29, 1.82) is 0 Å². The predicted molar refractivity (Wildman–Crippen MR) is 110 cm³/mol. The highest BCUT2D eigenvalue weighted by Gasteiger charge is 2.41. The first kappa shape index (κ1) is 18.8. The molecule has 3 aliphatic rings. The van der Waals surface area contributed by atoms with Gasteiger partial charge in [-0.1, -0.05) is 11.8 Å². The molecule has 2 N–H and O–H groups in total. The van der Waals surface area contributed by atoms with Gasteiger partial charge in [0.15, 0.2) is 11.4 Å². The lowest BCUT2D eigenvalue weighted by Crippen LogP contribution is -2.39. The van der Waals surface area contributed by atoms with Crippen molar-refractivity contribution in [3.63, 3.8) is 0 Å². The summed E-state index contributed by atoms with van der Waals surface area (Å²) in [6.45, 7) is 5.99. The van der Waals surface area contributed by atoms with E-state index in [9.17, 15) is 0 Å². The van der Waals surface area contributed by atoms with Gasteiger partial charge in [0.05, 0.1) is 12.4 Å². The molecule has 1 aliphatic carbocycles. The first-order chi connectivity index (χ1) is 13.8. The molecule has 4 heterocycles. The molecular formula is C18H26N6O2S2. The normalized spacial score (nSPS) is 20.2. The molecule has 0 spiro atoms. The molecule has 0 aromatic carbocycles. The van der Waals surface area contributed by atoms with Crippen LogP contribution in [0.15, 0.2) is 5.16 Å². The highest BCUT2D eigenvalue weighted by atomic mass is 32.2. The summed E-state index contributed by atoms with van der Waals surface area (Å²) < 4.78 is 13.6. The second-order valence-electron chi connectivity index (χ2n) is 7.01. The highest BCUT2D eigenvalue weighted by molar-refractivity contribution is 7.99. The number of aryl methyl sites for hydroxylation is 1. The van der Waals surface area contributed by atoms with Gasteiger partial charge in [-0.25, -0.2) is 9.99 Å². The zero-order valence-corrected chi connectivity index (χ0v) is 17.9. The van der Waals surface area contributed by atoms with E-state index in [-0.39, 0.29) is 12.5 Å². The maximum absolute atomic E-state index is 5.70. The minimum Gasteiger partial charge on any atom is -0.352 e. The molecule has 0 radical (unpaired) electrons. The molecule has 0 saturated carbocycles. The summed E-state index contributed by atoms with van der Waals surface area (Å²) >= 11 is 3.56. The predicted octanol–water partition coefficient (Wildman–Crippen LogP) is 2.58. The number of fused-ring (bicyclic) bond motifs is 8. The number of rotatable bonds is 7. The lowest BCUT2D eigenvalue weighted by molar-refractivity contribution is -0.120. The second kappa shape index (κ2) is 7.92. The zero-order valence-electron chi connectivity index (χ0n) is 16.2. The van der Waals surface area contributed by atoms with Gasteiger partial charge in [0.25, 0.3) is 0 Å². The number of thioether (sulfide) groups is 1. The van der Waals surface area contributed by atoms with E-state index in [2.05, 4.69) is 30.5 Å². The van der Waals surface area contributed by atoms with Crippen LogP contribution in [0, 0.1) is 0 Å². The summed E-state index contributed by atoms with van der Waals surface area (Å²) in [6, 6.07) is 0. The molecule has 2 aromatic heterocycles. The Morgan fingerprint density at radius 2 is 2.04 bits per heavy atom. The number of aromatic nitrogens is 3. The van der Waals surface area contributed by atoms with Crippen molar-refractivity contribution in [3.05, 3.63) is 16.0 Å². The fourth-order valence-corrected chi connectivity index (χ4v) is 6.55. The van der Waals surface area contributed by atoms with E-state index in [1.807, 2.05) is 25.2 Å². The lowest BCUT2D eigenvalue weighted by Gasteiger charge is -2.31. The Hall–Kier alpha value is -1.17. The van der Waals surface area contributed by atoms with Crippen LogP contribution >= 0.6 is 23.1 Å². The number of hydrogen-bond donors (Lipinski definition) is 2. The van der Waals surface area contributed by atoms with Crippen molar-refractivity contribution in [2.45, 2.75) is 57.1 Å². The summed E-state index contributed by atoms with van der Waals surface area (Å²) in [4.78, 5) is 1.53. The number of anilines is 1. The molecule has 2 aromatic rings. The maximum Gasteiger partial charge on any atom is 0.249 e. The minimum absolute atomic E-state index is 0.141. The number of hydrazine groups is 1. The van der Waals surface area contributed by atoms with Gasteiger partial charge in [-0.15, -0.1) is 21.5 Å². The van der Waals surface area contributed by atoms with Crippen molar-refractivity contribution in [1.82, 2.24) is 25.5 Å². The standard InChI is InChI=1S/C18H26N6O2S2/c1-3-25-13(26-4-2)9-27-18-22-21-17-23(18)16-14(15-19-10-20-24(15)17)11-7-5-6-8-12(11)28-16/h13,15,19-20H,3-10H2,1-2H3. The van der Waals surface area contributed by atoms with E-state index in [0.717, 1.165) is 17.8 Å². The van der Waals surface area contributed by atoms with Crippen molar-refractivity contribution in [3.8, 4) is 5.00 Å². The van der Waals surface area contributed by atoms with Crippen molar-refractivity contribution in [2.24, 2.45) is 0 Å². The van der Waals surface area contributed by atoms with E-state index in [0.29, 0.717) is 19.0 Å². The first-order valence-electron chi connectivity index (χ1n) is 10.0. The second-order valence-corrected chi connectivity index (χ2v) is 9.08. The summed E-state index contributed by atoms with van der Waals surface area (Å²) in [5.74, 6) is 1.54. The molecule has 28 heavy (non-hydrogen) atoms. The molecule has 0 amide bonds. The largest absolute Gasteiger partial charge is 0.352 e. The highest BCUT2D eigenvalue weighted by Crippen LogP contribution is 2.47. The van der Waals surface area contributed by atoms with E-state index in [4.69, 9.17) is 9.47 Å². The Balaban J connectivity index is 1.51. The van der Waals surface area contributed by atoms with Gasteiger partial charge in [-0.3, -0.25) is 10.3 Å². The smallest absolute Gasteiger partial charge is 0.249 e. The number of nitrogens with zero attached hydrogens (tertiary/aromatic N) is 4. The topological polar surface area (TPSA) is 76.5 Å². The Bertz CT molecular complexity index is 847. The van der Waals surface area contributed by atoms with Crippen LogP contribution in [0.1, 0.15) is 48.9 Å². The fraction of sp³-hybridized carbons (Fsp3) is 0.667. The first-order valence-corrected chi connectivity index (χ1v) is 11.8. The van der Waals surface area contributed by atoms with Gasteiger partial charge >= 0.3 is 0 Å². The van der Waals surface area contributed by atoms with E-state index in [1.165, 1.54) is 46.7 Å². The Morgan fingerprint density at radius 1 is 1.21 bits per heavy atom. The SMILES string of the molecule is CCOC(CSc1nnc2n1-c1sc3c(c1C1NCNN21)CCCC3)OCC. The van der Waals surface area contributed by atoms with E-state index in [1.54, 1.807) is 11.8 Å². The lowest BCUT2D eigenvalue weighted by atomic mass is 9.94. The van der Waals surface area contributed by atoms with E-state index < -0.39 is 0 Å². The Labute approximate surface area is 172 Å². The van der Waals surface area contributed by atoms with Gasteiger partial charge < -0.3 is 9.47 Å². The van der Waals surface area contributed by atoms with Gasteiger partial charge in [0, 0.05) is 23.7 Å². The number of hydrogen-bond acceptors (Lipinski definition) is 9. The molecule has 1 saturated heterocycles. The average molecular weight is 423 g/mol. The summed E-state index contributed by atoms with van der Waals surface area (Å²) in [5, 5.41) is 16.9. The molecule has 8 nitrogen and oxygen atoms in total. The van der Waals surface area contributed by atoms with Crippen molar-refractivity contribution in [2.75, 3.05) is 30.6 Å². The summed E-state index contributed by atoms with van der Waals surface area (Å²) in [7, 11) is 0. The van der Waals surface area contributed by atoms with Crippen LogP contribution in [0.4, 0.5) is 5.95 Å². The van der Waals surface area contributed by atoms with Gasteiger partial charge in [0.2, 0.25) is 5.95 Å². The van der Waals surface area contributed by atoms with Crippen molar-refractivity contribution < 1.29 is 9.47 Å². The van der Waals surface area contributed by atoms with Crippen LogP contribution in [0.3, 0.4) is 0 Å². The van der Waals surface area contributed by atoms with E-state index >= 15 is 0 Å². The van der Waals surface area contributed by atoms with Crippen LogP contribution in [0.25, 0.3) is 5.00 Å². The molecule has 1 unspecified atom stereocenters. The van der Waals surface area contributed by atoms with Crippen molar-refractivity contribution >= 4 is 29.0 Å². The molecular weight excluding hydrogens is 396 g/mol. The zero-order chi connectivity index (χ0) is 19.1. The molecule has 2 aliphatic heterocycles. The van der Waals surface area contributed by atoms with Gasteiger partial charge in [-0.2, -0.15) is 0 Å². The molecule has 5 rings (SSSR count). The third kappa shape index (κ3) is 3.06. The number of nitrogens with one attached hydrogen (secondary N) is 2. The fourth-order valence-electron chi connectivity index (χ4n) is 4.20. The van der Waals surface area contributed by atoms with Crippen LogP contribution in [0.2, 0.25) is 0 Å². The monoisotopic (exact) mass is 422 g/mol. The van der Waals surface area contributed by atoms with Crippen LogP contribution in [-0.2, 0) is 22.3 Å². The maximum atomic E-state index is 5.70. The third-order valence-electron chi connectivity index (χ3n) is 5.36. The number of thiophene rings is 1. The van der Waals surface area contributed by atoms with Gasteiger partial charge in [-0.05, 0) is 45.1 Å². The Morgan fingerprint density at radius 3 is 2.86 bits per heavy atom. The molecule has 0 bridgehead atoms. The molecule has 152 valence electrons. The minimum atomic E-state index is -0.230. The average Bonchev–Trinajstić information content (AvgIpc) is 3.41. The van der Waals surface area contributed by atoms with Crippen LogP contribution in [-0.4, -0.2) is 46.7 Å². The van der Waals surface area contributed by atoms with Crippen LogP contribution in [0.5, 0.6) is 0 Å². The summed E-state index contributed by atoms with van der Waals surface area (Å²) in [5.41, 5.74) is 6.36. The van der Waals surface area contributed by atoms with Gasteiger partial charge in [0.1, 0.15) is 11.2 Å².